The molecule has 6 heteroatoms. The zero-order valence-electron chi connectivity index (χ0n) is 22.2. The maximum Gasteiger partial charge on any atom is 0.161 e. The van der Waals surface area contributed by atoms with Gasteiger partial charge >= 0.3 is 0 Å². The molecule has 1 saturated carbocycles. The van der Waals surface area contributed by atoms with E-state index in [0.717, 1.165) is 71.5 Å². The topological polar surface area (TPSA) is 79.4 Å². The summed E-state index contributed by atoms with van der Waals surface area (Å²) in [6.45, 7) is 10.8. The lowest BCUT2D eigenvalue weighted by atomic mass is 9.86. The normalized spacial score (nSPS) is 18.8. The highest BCUT2D eigenvalue weighted by molar-refractivity contribution is 6.12. The molecule has 0 spiro atoms. The molecular formula is C30H40N6. The Morgan fingerprint density at radius 2 is 1.97 bits per heavy atom. The standard InChI is InChI=1S/C30H40N6/c1-7-23(20-36(5)6)24-9-8-10-25(16-24)29-33-19-28(26(18-32-4)15-21(2)3)30(35-29)34-27-13-11-22(17-31)12-14-27/h7-10,15-16,18-20,22,27H,1-2,11-14,17,31H2,3-6H3,(H,33,34,35)/b23-20+,26-15+,32-18-. The van der Waals surface area contributed by atoms with Gasteiger partial charge in [-0.25, -0.2) is 9.97 Å². The van der Waals surface area contributed by atoms with E-state index in [1.165, 1.54) is 0 Å². The van der Waals surface area contributed by atoms with E-state index in [-0.39, 0.29) is 0 Å². The minimum Gasteiger partial charge on any atom is -0.383 e. The SMILES string of the molecule is C=C/C(=C\N(C)C)c1cccc(-c2ncc(C(/C=N\C)=C/C(=C)C)c(NC3CCC(CN)CC3)n2)c1. The summed E-state index contributed by atoms with van der Waals surface area (Å²) in [5, 5.41) is 3.73. The summed E-state index contributed by atoms with van der Waals surface area (Å²) in [6.07, 6.45) is 14.1. The van der Waals surface area contributed by atoms with Gasteiger partial charge in [-0.05, 0) is 62.3 Å². The number of allylic oxidation sites excluding steroid dienone is 5. The van der Waals surface area contributed by atoms with Crippen molar-refractivity contribution in [3.8, 4) is 11.4 Å². The van der Waals surface area contributed by atoms with E-state index in [1.807, 2.05) is 62.6 Å². The molecule has 0 amide bonds. The van der Waals surface area contributed by atoms with Crippen molar-refractivity contribution in [2.45, 2.75) is 38.6 Å². The largest absolute Gasteiger partial charge is 0.383 e. The first-order valence-corrected chi connectivity index (χ1v) is 12.6. The summed E-state index contributed by atoms with van der Waals surface area (Å²) in [6, 6.07) is 8.62. The van der Waals surface area contributed by atoms with Crippen LogP contribution < -0.4 is 11.1 Å². The average Bonchev–Trinajstić information content (AvgIpc) is 2.87. The van der Waals surface area contributed by atoms with Crippen molar-refractivity contribution in [3.63, 3.8) is 0 Å². The van der Waals surface area contributed by atoms with Gasteiger partial charge in [0.05, 0.1) is 0 Å². The zero-order chi connectivity index (χ0) is 26.1. The number of anilines is 1. The Hall–Kier alpha value is -3.51. The first kappa shape index (κ1) is 27.1. The van der Waals surface area contributed by atoms with Gasteiger partial charge in [-0.15, -0.1) is 0 Å². The molecule has 6 nitrogen and oxygen atoms in total. The van der Waals surface area contributed by atoms with E-state index in [9.17, 15) is 0 Å². The first-order chi connectivity index (χ1) is 17.3. The lowest BCUT2D eigenvalue weighted by molar-refractivity contribution is 0.344. The Balaban J connectivity index is 2.04. The zero-order valence-corrected chi connectivity index (χ0v) is 22.2. The van der Waals surface area contributed by atoms with Gasteiger partial charge in [0.1, 0.15) is 5.82 Å². The third-order valence-electron chi connectivity index (χ3n) is 6.36. The fourth-order valence-corrected chi connectivity index (χ4v) is 4.53. The summed E-state index contributed by atoms with van der Waals surface area (Å²) in [5.74, 6) is 2.11. The molecule has 1 fully saturated rings. The van der Waals surface area contributed by atoms with E-state index >= 15 is 0 Å². The van der Waals surface area contributed by atoms with E-state index in [1.54, 1.807) is 7.05 Å². The molecule has 3 rings (SSSR count). The molecule has 1 heterocycles. The van der Waals surface area contributed by atoms with Gasteiger partial charge in [-0.2, -0.15) is 0 Å². The number of aliphatic imine (C=N–C) groups is 1. The Morgan fingerprint density at radius 1 is 1.22 bits per heavy atom. The molecule has 0 bridgehead atoms. The van der Waals surface area contributed by atoms with Crippen molar-refractivity contribution in [1.29, 1.82) is 0 Å². The number of hydrogen-bond donors (Lipinski definition) is 2. The molecule has 0 radical (unpaired) electrons. The average molecular weight is 485 g/mol. The lowest BCUT2D eigenvalue weighted by Gasteiger charge is -2.29. The molecule has 1 aromatic carbocycles. The van der Waals surface area contributed by atoms with Gasteiger partial charge in [0.25, 0.3) is 0 Å². The fraction of sp³-hybridized carbons (Fsp3) is 0.367. The Bertz CT molecular complexity index is 1150. The molecule has 36 heavy (non-hydrogen) atoms. The van der Waals surface area contributed by atoms with Crippen LogP contribution in [-0.2, 0) is 0 Å². The number of aromatic nitrogens is 2. The van der Waals surface area contributed by atoms with Gasteiger partial charge in [0, 0.05) is 62.5 Å². The molecule has 0 saturated heterocycles. The van der Waals surface area contributed by atoms with Crippen molar-refractivity contribution >= 4 is 23.2 Å². The van der Waals surface area contributed by atoms with Crippen molar-refractivity contribution in [3.05, 3.63) is 78.7 Å². The molecule has 0 aliphatic heterocycles. The van der Waals surface area contributed by atoms with Crippen LogP contribution in [0.2, 0.25) is 0 Å². The number of benzene rings is 1. The predicted octanol–water partition coefficient (Wildman–Crippen LogP) is 5.82. The summed E-state index contributed by atoms with van der Waals surface area (Å²) < 4.78 is 0. The van der Waals surface area contributed by atoms with Crippen LogP contribution >= 0.6 is 0 Å². The maximum absolute atomic E-state index is 5.91. The van der Waals surface area contributed by atoms with Crippen LogP contribution in [0.15, 0.2) is 72.5 Å². The minimum atomic E-state index is 0.348. The quantitative estimate of drug-likeness (QED) is 0.328. The molecule has 3 N–H and O–H groups in total. The lowest BCUT2D eigenvalue weighted by Crippen LogP contribution is -2.29. The van der Waals surface area contributed by atoms with Gasteiger partial charge in [0.15, 0.2) is 5.82 Å². The monoisotopic (exact) mass is 484 g/mol. The molecule has 1 aliphatic rings. The molecule has 1 aliphatic carbocycles. The summed E-state index contributed by atoms with van der Waals surface area (Å²) in [7, 11) is 5.78. The van der Waals surface area contributed by atoms with E-state index in [0.29, 0.717) is 17.8 Å². The van der Waals surface area contributed by atoms with Gasteiger partial charge in [0.2, 0.25) is 0 Å². The van der Waals surface area contributed by atoms with E-state index in [4.69, 9.17) is 15.7 Å². The fourth-order valence-electron chi connectivity index (χ4n) is 4.53. The smallest absolute Gasteiger partial charge is 0.161 e. The van der Waals surface area contributed by atoms with Crippen LogP contribution in [0.25, 0.3) is 22.5 Å². The number of rotatable bonds is 10. The highest BCUT2D eigenvalue weighted by Gasteiger charge is 2.22. The van der Waals surface area contributed by atoms with Gasteiger partial charge in [-0.1, -0.05) is 49.1 Å². The second kappa shape index (κ2) is 13.0. The summed E-state index contributed by atoms with van der Waals surface area (Å²) >= 11 is 0. The van der Waals surface area contributed by atoms with Crippen molar-refractivity contribution in [2.75, 3.05) is 33.0 Å². The highest BCUT2D eigenvalue weighted by Crippen LogP contribution is 2.30. The number of nitrogens with zero attached hydrogens (tertiary/aromatic N) is 4. The first-order valence-electron chi connectivity index (χ1n) is 12.6. The summed E-state index contributed by atoms with van der Waals surface area (Å²) in [4.78, 5) is 16.1. The molecule has 0 unspecified atom stereocenters. The molecular weight excluding hydrogens is 444 g/mol. The molecule has 0 atom stereocenters. The van der Waals surface area contributed by atoms with Crippen molar-refractivity contribution < 1.29 is 0 Å². The number of hydrogen-bond acceptors (Lipinski definition) is 6. The third kappa shape index (κ3) is 7.25. The highest BCUT2D eigenvalue weighted by atomic mass is 15.1. The van der Waals surface area contributed by atoms with Gasteiger partial charge in [-0.3, -0.25) is 4.99 Å². The van der Waals surface area contributed by atoms with Crippen LogP contribution in [-0.4, -0.2) is 54.8 Å². The molecule has 1 aromatic heterocycles. The predicted molar refractivity (Wildman–Crippen MR) is 155 cm³/mol. The Morgan fingerprint density at radius 3 is 2.58 bits per heavy atom. The number of nitrogens with two attached hydrogens (primary N) is 1. The third-order valence-corrected chi connectivity index (χ3v) is 6.36. The van der Waals surface area contributed by atoms with Crippen LogP contribution in [0.4, 0.5) is 5.82 Å². The molecule has 190 valence electrons. The van der Waals surface area contributed by atoms with Crippen LogP contribution in [0.3, 0.4) is 0 Å². The number of nitrogens with one attached hydrogen (secondary N) is 1. The van der Waals surface area contributed by atoms with E-state index < -0.39 is 0 Å². The van der Waals surface area contributed by atoms with Crippen LogP contribution in [0.5, 0.6) is 0 Å². The Labute approximate surface area is 216 Å². The summed E-state index contributed by atoms with van der Waals surface area (Å²) in [5.41, 5.74) is 11.8. The molecule has 2 aromatic rings. The van der Waals surface area contributed by atoms with Crippen LogP contribution in [0.1, 0.15) is 43.7 Å². The Kier molecular flexibility index (Phi) is 9.77. The second-order valence-corrected chi connectivity index (χ2v) is 9.72. The van der Waals surface area contributed by atoms with E-state index in [2.05, 4.69) is 41.8 Å². The second-order valence-electron chi connectivity index (χ2n) is 9.72. The van der Waals surface area contributed by atoms with Gasteiger partial charge < -0.3 is 16.0 Å². The minimum absolute atomic E-state index is 0.348. The van der Waals surface area contributed by atoms with Crippen molar-refractivity contribution in [1.82, 2.24) is 14.9 Å². The maximum atomic E-state index is 5.91. The van der Waals surface area contributed by atoms with Crippen molar-refractivity contribution in [2.24, 2.45) is 16.6 Å². The van der Waals surface area contributed by atoms with Crippen LogP contribution in [0, 0.1) is 5.92 Å².